The maximum atomic E-state index is 6.32. The molecule has 0 saturated heterocycles. The minimum Gasteiger partial charge on any atom is -0.450 e. The average molecular weight is 745 g/mol. The van der Waals surface area contributed by atoms with Gasteiger partial charge in [0, 0.05) is 22.0 Å². The Kier molecular flexibility index (Phi) is 7.13. The van der Waals surface area contributed by atoms with Gasteiger partial charge < -0.3 is 14.0 Å². The van der Waals surface area contributed by atoms with Crippen molar-refractivity contribution in [1.82, 2.24) is 19.1 Å². The molecule has 0 aliphatic carbocycles. The van der Waals surface area contributed by atoms with Gasteiger partial charge in [0.15, 0.2) is 23.0 Å². The van der Waals surface area contributed by atoms with Gasteiger partial charge in [-0.25, -0.2) is 9.97 Å². The minimum absolute atomic E-state index is 0.609. The topological polar surface area (TPSA) is 54.1 Å². The van der Waals surface area contributed by atoms with Gasteiger partial charge >= 0.3 is 0 Å². The van der Waals surface area contributed by atoms with E-state index in [2.05, 4.69) is 161 Å². The third kappa shape index (κ3) is 5.05. The molecule has 3 aromatic heterocycles. The van der Waals surface area contributed by atoms with E-state index in [1.54, 1.807) is 0 Å². The van der Waals surface area contributed by atoms with E-state index < -0.39 is 0 Å². The zero-order valence-electron chi connectivity index (χ0n) is 31.1. The fraction of sp³-hybridized carbons (Fsp3) is 0. The smallest absolute Gasteiger partial charge is 0.235 e. The van der Waals surface area contributed by atoms with E-state index >= 15 is 0 Å². The van der Waals surface area contributed by atoms with E-state index in [1.807, 2.05) is 42.5 Å². The molecule has 0 unspecified atom stereocenters. The number of nitrogens with zero attached hydrogens (tertiary/aromatic N) is 4. The zero-order valence-corrected chi connectivity index (χ0v) is 31.1. The number of ether oxygens (including phenoxy) is 2. The highest BCUT2D eigenvalue weighted by atomic mass is 16.6. The Labute approximate surface area is 333 Å². The molecule has 272 valence electrons. The van der Waals surface area contributed by atoms with Crippen LogP contribution >= 0.6 is 0 Å². The number of hydrogen-bond acceptors (Lipinski definition) is 4. The normalized spacial score (nSPS) is 12.1. The second-order valence-corrected chi connectivity index (χ2v) is 14.6. The molecule has 0 N–H and O–H groups in total. The van der Waals surface area contributed by atoms with Gasteiger partial charge in [-0.05, 0) is 88.1 Å². The molecule has 1 aliphatic heterocycles. The summed E-state index contributed by atoms with van der Waals surface area (Å²) in [6, 6.07) is 67.2. The van der Waals surface area contributed by atoms with Crippen LogP contribution < -0.4 is 9.47 Å². The lowest BCUT2D eigenvalue weighted by Gasteiger charge is -2.21. The molecule has 8 aromatic carbocycles. The molecule has 11 aromatic rings. The molecule has 1 aliphatic rings. The van der Waals surface area contributed by atoms with Crippen LogP contribution in [0.25, 0.3) is 88.9 Å². The molecule has 12 rings (SSSR count). The van der Waals surface area contributed by atoms with Crippen molar-refractivity contribution < 1.29 is 9.47 Å². The third-order valence-corrected chi connectivity index (χ3v) is 11.2. The predicted octanol–water partition coefficient (Wildman–Crippen LogP) is 13.6. The van der Waals surface area contributed by atoms with Crippen molar-refractivity contribution in [2.24, 2.45) is 0 Å². The lowest BCUT2D eigenvalue weighted by Crippen LogP contribution is -2.05. The Morgan fingerprint density at radius 3 is 1.81 bits per heavy atom. The van der Waals surface area contributed by atoms with Crippen molar-refractivity contribution in [3.8, 4) is 68.3 Å². The summed E-state index contributed by atoms with van der Waals surface area (Å²) in [5.41, 5.74) is 11.0. The summed E-state index contributed by atoms with van der Waals surface area (Å²) >= 11 is 0. The first-order valence-electron chi connectivity index (χ1n) is 19.4. The van der Waals surface area contributed by atoms with Crippen LogP contribution in [-0.2, 0) is 0 Å². The first kappa shape index (κ1) is 32.3. The number of fused-ring (bicyclic) bond motifs is 8. The highest BCUT2D eigenvalue weighted by Gasteiger charge is 2.24. The molecule has 0 atom stereocenters. The Morgan fingerprint density at radius 2 is 1.02 bits per heavy atom. The summed E-state index contributed by atoms with van der Waals surface area (Å²) in [6.45, 7) is 0. The van der Waals surface area contributed by atoms with Crippen LogP contribution in [-0.4, -0.2) is 19.1 Å². The molecular formula is C52H32N4O2. The molecule has 0 saturated carbocycles. The van der Waals surface area contributed by atoms with Crippen molar-refractivity contribution in [1.29, 1.82) is 0 Å². The summed E-state index contributed by atoms with van der Waals surface area (Å²) in [6.07, 6.45) is 0. The van der Waals surface area contributed by atoms with Gasteiger partial charge in [0.05, 0.1) is 27.8 Å². The highest BCUT2D eigenvalue weighted by molar-refractivity contribution is 6.21. The van der Waals surface area contributed by atoms with Gasteiger partial charge in [0.2, 0.25) is 5.95 Å². The first-order valence-corrected chi connectivity index (χ1v) is 19.4. The largest absolute Gasteiger partial charge is 0.450 e. The third-order valence-electron chi connectivity index (χ3n) is 11.2. The van der Waals surface area contributed by atoms with E-state index in [9.17, 15) is 0 Å². The standard InChI is InChI=1S/C52H32N4O2/c1-4-15-34(16-5-1)44-32-41-51(55(44)38-19-8-3-9-20-38)50(35-17-6-2-7-18-35)54-52(53-41)56-42-27-25-36(30-40(42)49-39-21-11-10-14-33(39)24-28-43(49)56)37-26-29-47-48(31-37)58-46-23-13-12-22-45(46)57-47/h1-32H. The van der Waals surface area contributed by atoms with E-state index in [-0.39, 0.29) is 0 Å². The SMILES string of the molecule is c1ccc(-c2nc(-n3c4ccc(-c5ccc6c(c5)Oc5ccccc5O6)cc4c4c5ccccc5ccc43)nc3cc(-c4ccccc4)n(-c4ccccc4)c23)cc1. The number of hydrogen-bond donors (Lipinski definition) is 0. The molecule has 0 amide bonds. The van der Waals surface area contributed by atoms with Gasteiger partial charge in [0.1, 0.15) is 5.69 Å². The van der Waals surface area contributed by atoms with E-state index in [4.69, 9.17) is 19.4 Å². The maximum absolute atomic E-state index is 6.32. The van der Waals surface area contributed by atoms with Gasteiger partial charge in [-0.3, -0.25) is 4.57 Å². The molecule has 0 radical (unpaired) electrons. The Balaban J connectivity index is 1.12. The quantitative estimate of drug-likeness (QED) is 0.176. The van der Waals surface area contributed by atoms with E-state index in [0.29, 0.717) is 28.9 Å². The molecule has 0 spiro atoms. The van der Waals surface area contributed by atoms with Crippen LogP contribution in [0.3, 0.4) is 0 Å². The molecule has 4 heterocycles. The van der Waals surface area contributed by atoms with Crippen molar-refractivity contribution in [2.75, 3.05) is 0 Å². The van der Waals surface area contributed by atoms with Crippen LogP contribution in [0.4, 0.5) is 0 Å². The molecule has 6 heteroatoms. The van der Waals surface area contributed by atoms with Crippen molar-refractivity contribution in [2.45, 2.75) is 0 Å². The number of para-hydroxylation sites is 3. The van der Waals surface area contributed by atoms with Gasteiger partial charge in [-0.15, -0.1) is 0 Å². The monoisotopic (exact) mass is 744 g/mol. The highest BCUT2D eigenvalue weighted by Crippen LogP contribution is 2.47. The lowest BCUT2D eigenvalue weighted by atomic mass is 10.00. The van der Waals surface area contributed by atoms with Gasteiger partial charge in [0.25, 0.3) is 0 Å². The number of aromatic nitrogens is 4. The molecular weight excluding hydrogens is 713 g/mol. The van der Waals surface area contributed by atoms with Crippen LogP contribution in [0, 0.1) is 0 Å². The van der Waals surface area contributed by atoms with Crippen molar-refractivity contribution >= 4 is 43.6 Å². The fourth-order valence-corrected chi connectivity index (χ4v) is 8.55. The Morgan fingerprint density at radius 1 is 0.397 bits per heavy atom. The van der Waals surface area contributed by atoms with Crippen molar-refractivity contribution in [3.63, 3.8) is 0 Å². The number of benzene rings is 8. The van der Waals surface area contributed by atoms with Crippen LogP contribution in [0.1, 0.15) is 0 Å². The van der Waals surface area contributed by atoms with E-state index in [1.165, 1.54) is 10.8 Å². The summed E-state index contributed by atoms with van der Waals surface area (Å²) in [5.74, 6) is 3.42. The van der Waals surface area contributed by atoms with Crippen LogP contribution in [0.5, 0.6) is 23.0 Å². The molecule has 58 heavy (non-hydrogen) atoms. The minimum atomic E-state index is 0.609. The van der Waals surface area contributed by atoms with Crippen LogP contribution in [0.2, 0.25) is 0 Å². The summed E-state index contributed by atoms with van der Waals surface area (Å²) in [5, 5.41) is 4.61. The predicted molar refractivity (Wildman–Crippen MR) is 234 cm³/mol. The summed E-state index contributed by atoms with van der Waals surface area (Å²) < 4.78 is 17.0. The Bertz CT molecular complexity index is 3390. The van der Waals surface area contributed by atoms with Crippen LogP contribution in [0.15, 0.2) is 194 Å². The lowest BCUT2D eigenvalue weighted by molar-refractivity contribution is 0.360. The van der Waals surface area contributed by atoms with Gasteiger partial charge in [-0.1, -0.05) is 133 Å². The summed E-state index contributed by atoms with van der Waals surface area (Å²) in [7, 11) is 0. The Hall–Kier alpha value is -7.96. The second-order valence-electron chi connectivity index (χ2n) is 14.6. The molecule has 6 nitrogen and oxygen atoms in total. The molecule has 0 fully saturated rings. The zero-order chi connectivity index (χ0) is 38.2. The number of rotatable bonds is 5. The maximum Gasteiger partial charge on any atom is 0.235 e. The summed E-state index contributed by atoms with van der Waals surface area (Å²) in [4.78, 5) is 11.0. The van der Waals surface area contributed by atoms with E-state index in [0.717, 1.165) is 72.2 Å². The molecule has 0 bridgehead atoms. The van der Waals surface area contributed by atoms with Crippen molar-refractivity contribution in [3.05, 3.63) is 194 Å². The fourth-order valence-electron chi connectivity index (χ4n) is 8.55. The second kappa shape index (κ2) is 12.8. The van der Waals surface area contributed by atoms with Gasteiger partial charge in [-0.2, -0.15) is 0 Å². The average Bonchev–Trinajstić information content (AvgIpc) is 3.85. The first-order chi connectivity index (χ1) is 28.7.